The molecule has 0 aliphatic carbocycles. The maximum Gasteiger partial charge on any atom is 0.202 e. The van der Waals surface area contributed by atoms with E-state index >= 15 is 0 Å². The zero-order valence-corrected chi connectivity index (χ0v) is 18.1. The second-order valence-electron chi connectivity index (χ2n) is 6.92. The van der Waals surface area contributed by atoms with Crippen LogP contribution in [0.4, 0.5) is 14.6 Å². The molecular formula is C21H21F2N7OS. The molecule has 4 rings (SSSR count). The molecule has 0 atom stereocenters. The number of thiophene rings is 1. The Hall–Kier alpha value is -3.44. The van der Waals surface area contributed by atoms with E-state index in [1.807, 2.05) is 24.6 Å². The van der Waals surface area contributed by atoms with Crippen molar-refractivity contribution in [1.82, 2.24) is 30.5 Å². The van der Waals surface area contributed by atoms with Crippen LogP contribution in [0.25, 0.3) is 27.5 Å². The molecule has 0 saturated heterocycles. The summed E-state index contributed by atoms with van der Waals surface area (Å²) in [5.74, 6) is -2.06. The first-order valence-corrected chi connectivity index (χ1v) is 10.8. The number of anilines is 1. The molecule has 3 heterocycles. The Kier molecular flexibility index (Phi) is 6.66. The van der Waals surface area contributed by atoms with E-state index in [4.69, 9.17) is 10.5 Å². The van der Waals surface area contributed by atoms with Gasteiger partial charge in [0.05, 0.1) is 12.2 Å². The van der Waals surface area contributed by atoms with Crippen LogP contribution >= 0.6 is 11.3 Å². The fraction of sp³-hybridized carbons (Fsp3) is 0.238. The van der Waals surface area contributed by atoms with Crippen molar-refractivity contribution in [3.8, 4) is 33.3 Å². The van der Waals surface area contributed by atoms with Gasteiger partial charge in [-0.05, 0) is 66.5 Å². The first-order valence-electron chi connectivity index (χ1n) is 9.94. The van der Waals surface area contributed by atoms with Crippen molar-refractivity contribution in [3.05, 3.63) is 53.5 Å². The Bertz CT molecular complexity index is 1200. The number of rotatable bonds is 9. The average Bonchev–Trinajstić information content (AvgIpc) is 3.49. The van der Waals surface area contributed by atoms with Gasteiger partial charge in [0.1, 0.15) is 11.5 Å². The quantitative estimate of drug-likeness (QED) is 0.370. The van der Waals surface area contributed by atoms with E-state index in [-0.39, 0.29) is 29.7 Å². The molecule has 8 nitrogen and oxygen atoms in total. The van der Waals surface area contributed by atoms with Gasteiger partial charge in [0.2, 0.25) is 5.82 Å². The minimum absolute atomic E-state index is 0.146. The lowest BCUT2D eigenvalue weighted by molar-refractivity contribution is 0.286. The number of nitrogen functional groups attached to an aromatic ring is 1. The maximum atomic E-state index is 14.9. The van der Waals surface area contributed by atoms with Crippen LogP contribution in [0.2, 0.25) is 0 Å². The van der Waals surface area contributed by atoms with Gasteiger partial charge >= 0.3 is 0 Å². The summed E-state index contributed by atoms with van der Waals surface area (Å²) in [6.45, 7) is 1.11. The molecule has 0 spiro atoms. The van der Waals surface area contributed by atoms with Crippen molar-refractivity contribution in [3.63, 3.8) is 0 Å². The topological polar surface area (TPSA) is 104 Å². The van der Waals surface area contributed by atoms with E-state index in [0.717, 1.165) is 28.1 Å². The van der Waals surface area contributed by atoms with Crippen LogP contribution in [0.1, 0.15) is 12.8 Å². The van der Waals surface area contributed by atoms with E-state index < -0.39 is 11.6 Å². The van der Waals surface area contributed by atoms with Crippen LogP contribution in [0.15, 0.2) is 41.9 Å². The smallest absolute Gasteiger partial charge is 0.202 e. The molecule has 166 valence electrons. The maximum absolute atomic E-state index is 14.9. The van der Waals surface area contributed by atoms with Crippen molar-refractivity contribution >= 4 is 17.2 Å². The molecule has 0 unspecified atom stereocenters. The van der Waals surface area contributed by atoms with E-state index in [1.165, 1.54) is 23.5 Å². The molecule has 4 aromatic rings. The Labute approximate surface area is 187 Å². The molecule has 0 saturated carbocycles. The third kappa shape index (κ3) is 4.43. The van der Waals surface area contributed by atoms with Gasteiger partial charge < -0.3 is 15.8 Å². The number of nitrogens with two attached hydrogens (primary N) is 1. The van der Waals surface area contributed by atoms with E-state index in [0.29, 0.717) is 12.0 Å². The highest BCUT2D eigenvalue weighted by Gasteiger charge is 2.22. The van der Waals surface area contributed by atoms with Gasteiger partial charge in [-0.15, -0.1) is 16.4 Å². The van der Waals surface area contributed by atoms with Crippen LogP contribution < -0.4 is 15.8 Å². The Morgan fingerprint density at radius 2 is 2.06 bits per heavy atom. The molecule has 3 N–H and O–H groups in total. The summed E-state index contributed by atoms with van der Waals surface area (Å²) in [6, 6.07) is 8.36. The summed E-state index contributed by atoms with van der Waals surface area (Å²) in [4.78, 5) is 5.20. The summed E-state index contributed by atoms with van der Waals surface area (Å²) < 4.78 is 36.1. The van der Waals surface area contributed by atoms with Gasteiger partial charge in [-0.1, -0.05) is 6.07 Å². The third-order valence-corrected chi connectivity index (χ3v) is 5.69. The van der Waals surface area contributed by atoms with Crippen molar-refractivity contribution in [2.24, 2.45) is 0 Å². The van der Waals surface area contributed by atoms with Gasteiger partial charge in [0.25, 0.3) is 0 Å². The molecule has 3 aromatic heterocycles. The highest BCUT2D eigenvalue weighted by Crippen LogP contribution is 2.32. The van der Waals surface area contributed by atoms with Gasteiger partial charge in [0, 0.05) is 16.6 Å². The molecule has 0 aliphatic rings. The van der Waals surface area contributed by atoms with E-state index in [9.17, 15) is 8.78 Å². The van der Waals surface area contributed by atoms with Crippen molar-refractivity contribution in [1.29, 1.82) is 0 Å². The highest BCUT2D eigenvalue weighted by molar-refractivity contribution is 7.13. The molecule has 1 aromatic carbocycles. The number of tetrazole rings is 1. The largest absolute Gasteiger partial charge is 0.490 e. The van der Waals surface area contributed by atoms with Crippen molar-refractivity contribution in [2.45, 2.75) is 12.8 Å². The number of hydrogen-bond acceptors (Lipinski definition) is 8. The van der Waals surface area contributed by atoms with Crippen molar-refractivity contribution in [2.75, 3.05) is 25.9 Å². The lowest BCUT2D eigenvalue weighted by Gasteiger charge is -2.12. The summed E-state index contributed by atoms with van der Waals surface area (Å²) in [6.07, 6.45) is 3.22. The average molecular weight is 458 g/mol. The fourth-order valence-electron chi connectivity index (χ4n) is 3.13. The molecular weight excluding hydrogens is 436 g/mol. The number of pyridine rings is 1. The van der Waals surface area contributed by atoms with Gasteiger partial charge in [-0.3, -0.25) is 0 Å². The van der Waals surface area contributed by atoms with Gasteiger partial charge in [0.15, 0.2) is 17.4 Å². The lowest BCUT2D eigenvalue weighted by atomic mass is 10.1. The van der Waals surface area contributed by atoms with E-state index in [1.54, 1.807) is 12.3 Å². The zero-order valence-electron chi connectivity index (χ0n) is 17.3. The van der Waals surface area contributed by atoms with Crippen LogP contribution in [0, 0.1) is 11.6 Å². The number of nitrogens with zero attached hydrogens (tertiary/aromatic N) is 5. The molecule has 0 aliphatic heterocycles. The van der Waals surface area contributed by atoms with Crippen LogP contribution in [0.5, 0.6) is 5.75 Å². The molecule has 0 bridgehead atoms. The second-order valence-corrected chi connectivity index (χ2v) is 7.87. The number of hydrogen-bond donors (Lipinski definition) is 2. The van der Waals surface area contributed by atoms with Crippen LogP contribution in [-0.2, 0) is 0 Å². The van der Waals surface area contributed by atoms with Crippen molar-refractivity contribution < 1.29 is 13.5 Å². The molecule has 0 radical (unpaired) electrons. The third-order valence-electron chi connectivity index (χ3n) is 4.77. The molecule has 32 heavy (non-hydrogen) atoms. The van der Waals surface area contributed by atoms with Gasteiger partial charge in [-0.2, -0.15) is 9.07 Å². The molecule has 0 fully saturated rings. The molecule has 0 amide bonds. The summed E-state index contributed by atoms with van der Waals surface area (Å²) in [7, 11) is 1.85. The highest BCUT2D eigenvalue weighted by atomic mass is 32.1. The van der Waals surface area contributed by atoms with Gasteiger partial charge in [-0.25, -0.2) is 9.37 Å². The normalized spacial score (nSPS) is 11.1. The van der Waals surface area contributed by atoms with E-state index in [2.05, 4.69) is 25.8 Å². The van der Waals surface area contributed by atoms with Crippen LogP contribution in [0.3, 0.4) is 0 Å². The molecule has 11 heteroatoms. The number of nitrogens with one attached hydrogen (secondary N) is 1. The Morgan fingerprint density at radius 3 is 2.84 bits per heavy atom. The van der Waals surface area contributed by atoms with Crippen LogP contribution in [-0.4, -0.2) is 45.4 Å². The lowest BCUT2D eigenvalue weighted by Crippen LogP contribution is -2.10. The Balaban J connectivity index is 1.64. The number of aromatic nitrogens is 5. The summed E-state index contributed by atoms with van der Waals surface area (Å²) in [5, 5.41) is 16.4. The first kappa shape index (κ1) is 21.8. The predicted molar refractivity (Wildman–Crippen MR) is 119 cm³/mol. The first-order chi connectivity index (χ1) is 15.6. The summed E-state index contributed by atoms with van der Waals surface area (Å²) in [5.41, 5.74) is 7.11. The standard InChI is InChI=1S/C21H21F2N7OS/c1-25-8-2-3-9-31-16-7-6-15(18(22)19(16)23)30-21(27-28-29-30)14-11-13(12-26-20(14)24)17-5-4-10-32-17/h4-7,10-12,25H,2-3,8-9H2,1H3,(H2,24,26). The fourth-order valence-corrected chi connectivity index (χ4v) is 3.84. The second kappa shape index (κ2) is 9.79. The summed E-state index contributed by atoms with van der Waals surface area (Å²) >= 11 is 1.54. The number of ether oxygens (including phenoxy) is 1. The monoisotopic (exact) mass is 457 g/mol. The number of unbranched alkanes of at least 4 members (excludes halogenated alkanes) is 1. The zero-order chi connectivity index (χ0) is 22.5. The SMILES string of the molecule is CNCCCCOc1ccc(-n2nnnc2-c2cc(-c3cccs3)cnc2N)c(F)c1F. The number of benzene rings is 1. The predicted octanol–water partition coefficient (Wildman–Crippen LogP) is 3.69. The minimum atomic E-state index is -1.12. The Morgan fingerprint density at radius 1 is 1.19 bits per heavy atom. The number of halogens is 2. The minimum Gasteiger partial charge on any atom is -0.490 e.